The van der Waals surface area contributed by atoms with Crippen LogP contribution in [0.1, 0.15) is 31.2 Å². The van der Waals surface area contributed by atoms with Gasteiger partial charge in [0.25, 0.3) is 10.0 Å². The van der Waals surface area contributed by atoms with Gasteiger partial charge in [-0.25, -0.2) is 17.8 Å². The minimum absolute atomic E-state index is 0.00760. The molecule has 9 heteroatoms. The molecule has 0 aliphatic rings. The number of aromatic nitrogens is 2. The highest BCUT2D eigenvalue weighted by molar-refractivity contribution is 7.92. The van der Waals surface area contributed by atoms with E-state index < -0.39 is 21.8 Å². The number of imidazole rings is 1. The number of carboxylic acid groups (broad SMARTS) is 1. The Labute approximate surface area is 209 Å². The first-order valence-corrected chi connectivity index (χ1v) is 13.3. The number of aliphatic carboxylic acids is 1. The Bertz CT molecular complexity index is 1450. The third kappa shape index (κ3) is 5.57. The fraction of sp³-hybridized carbons (Fsp3) is 0.259. The van der Waals surface area contributed by atoms with E-state index in [1.54, 1.807) is 22.8 Å². The van der Waals surface area contributed by atoms with Crippen molar-refractivity contribution in [3.05, 3.63) is 90.0 Å². The fourth-order valence-corrected chi connectivity index (χ4v) is 5.74. The Balaban J connectivity index is 1.73. The van der Waals surface area contributed by atoms with Crippen molar-refractivity contribution < 1.29 is 22.7 Å². The summed E-state index contributed by atoms with van der Waals surface area (Å²) >= 11 is 0. The Morgan fingerprint density at radius 1 is 1.03 bits per heavy atom. The van der Waals surface area contributed by atoms with Crippen LogP contribution < -0.4 is 4.31 Å². The lowest BCUT2D eigenvalue weighted by molar-refractivity contribution is -0.137. The molecule has 0 atom stereocenters. The SMILES string of the molecule is CCCc1nc2cc(N(CCCc3ccccc3)S(=O)(=O)c3ccc(F)cc3)ccc2n1CC(=O)O. The van der Waals surface area contributed by atoms with E-state index in [0.29, 0.717) is 41.8 Å². The number of carboxylic acids is 1. The van der Waals surface area contributed by atoms with E-state index in [1.165, 1.54) is 16.4 Å². The lowest BCUT2D eigenvalue weighted by Crippen LogP contribution is -2.32. The van der Waals surface area contributed by atoms with Gasteiger partial charge in [-0.1, -0.05) is 37.3 Å². The minimum Gasteiger partial charge on any atom is -0.480 e. The van der Waals surface area contributed by atoms with Crippen molar-refractivity contribution in [2.75, 3.05) is 10.8 Å². The van der Waals surface area contributed by atoms with E-state index in [-0.39, 0.29) is 18.0 Å². The fourth-order valence-electron chi connectivity index (χ4n) is 4.24. The van der Waals surface area contributed by atoms with Gasteiger partial charge in [-0.2, -0.15) is 0 Å². The number of hydrogen-bond donors (Lipinski definition) is 1. The zero-order valence-corrected chi connectivity index (χ0v) is 20.8. The van der Waals surface area contributed by atoms with Crippen LogP contribution in [0.3, 0.4) is 0 Å². The van der Waals surface area contributed by atoms with Crippen molar-refractivity contribution in [2.24, 2.45) is 0 Å². The summed E-state index contributed by atoms with van der Waals surface area (Å²) < 4.78 is 43.8. The number of anilines is 1. The van der Waals surface area contributed by atoms with Gasteiger partial charge >= 0.3 is 5.97 Å². The smallest absolute Gasteiger partial charge is 0.323 e. The predicted octanol–water partition coefficient (Wildman–Crippen LogP) is 5.04. The Hall–Kier alpha value is -3.72. The van der Waals surface area contributed by atoms with Crippen LogP contribution in [0.25, 0.3) is 11.0 Å². The summed E-state index contributed by atoms with van der Waals surface area (Å²) in [6, 6.07) is 19.6. The highest BCUT2D eigenvalue weighted by Gasteiger charge is 2.26. The molecule has 0 bridgehead atoms. The molecule has 0 aliphatic carbocycles. The molecule has 0 spiro atoms. The van der Waals surface area contributed by atoms with E-state index in [0.717, 1.165) is 24.1 Å². The second kappa shape index (κ2) is 10.9. The topological polar surface area (TPSA) is 92.5 Å². The summed E-state index contributed by atoms with van der Waals surface area (Å²) in [7, 11) is -3.99. The molecule has 0 saturated heterocycles. The van der Waals surface area contributed by atoms with Crippen molar-refractivity contribution in [2.45, 2.75) is 44.0 Å². The van der Waals surface area contributed by atoms with Crippen molar-refractivity contribution in [3.8, 4) is 0 Å². The van der Waals surface area contributed by atoms with Gasteiger partial charge in [-0.05, 0) is 67.3 Å². The van der Waals surface area contributed by atoms with Crippen molar-refractivity contribution >= 4 is 32.7 Å². The molecule has 4 aromatic rings. The summed E-state index contributed by atoms with van der Waals surface area (Å²) in [5, 5.41) is 9.36. The number of fused-ring (bicyclic) bond motifs is 1. The molecule has 0 unspecified atom stereocenters. The molecule has 0 saturated carbocycles. The largest absolute Gasteiger partial charge is 0.480 e. The third-order valence-electron chi connectivity index (χ3n) is 5.94. The zero-order valence-electron chi connectivity index (χ0n) is 20.0. The Morgan fingerprint density at radius 2 is 1.75 bits per heavy atom. The quantitative estimate of drug-likeness (QED) is 0.306. The average Bonchev–Trinajstić information content (AvgIpc) is 3.18. The number of benzene rings is 3. The first-order valence-electron chi connectivity index (χ1n) is 11.8. The molecule has 4 rings (SSSR count). The summed E-state index contributed by atoms with van der Waals surface area (Å²) in [6.07, 6.45) is 2.65. The first-order chi connectivity index (χ1) is 17.3. The highest BCUT2D eigenvalue weighted by atomic mass is 32.2. The van der Waals surface area contributed by atoms with Gasteiger partial charge in [-0.15, -0.1) is 0 Å². The second-order valence-corrected chi connectivity index (χ2v) is 10.4. The van der Waals surface area contributed by atoms with Crippen LogP contribution in [0.4, 0.5) is 10.1 Å². The molecule has 0 radical (unpaired) electrons. The van der Waals surface area contributed by atoms with Gasteiger partial charge in [0.1, 0.15) is 18.2 Å². The number of aryl methyl sites for hydroxylation is 2. The van der Waals surface area contributed by atoms with Crippen LogP contribution in [-0.4, -0.2) is 35.6 Å². The number of rotatable bonds is 11. The maximum atomic E-state index is 13.6. The second-order valence-electron chi connectivity index (χ2n) is 8.55. The highest BCUT2D eigenvalue weighted by Crippen LogP contribution is 2.29. The maximum absolute atomic E-state index is 13.6. The lowest BCUT2D eigenvalue weighted by Gasteiger charge is -2.25. The van der Waals surface area contributed by atoms with Crippen LogP contribution >= 0.6 is 0 Å². The number of carbonyl (C=O) groups is 1. The monoisotopic (exact) mass is 509 g/mol. The molecule has 1 N–H and O–H groups in total. The third-order valence-corrected chi connectivity index (χ3v) is 7.78. The van der Waals surface area contributed by atoms with Gasteiger partial charge in [0.05, 0.1) is 21.6 Å². The molecule has 0 fully saturated rings. The number of sulfonamides is 1. The molecule has 1 heterocycles. The molecule has 1 aromatic heterocycles. The normalized spacial score (nSPS) is 11.6. The van der Waals surface area contributed by atoms with Crippen LogP contribution in [0.15, 0.2) is 77.7 Å². The van der Waals surface area contributed by atoms with Crippen LogP contribution in [0, 0.1) is 5.82 Å². The molecule has 7 nitrogen and oxygen atoms in total. The van der Waals surface area contributed by atoms with E-state index in [9.17, 15) is 22.7 Å². The molecule has 3 aromatic carbocycles. The van der Waals surface area contributed by atoms with E-state index in [2.05, 4.69) is 4.98 Å². The molecule has 188 valence electrons. The summed E-state index contributed by atoms with van der Waals surface area (Å²) in [6.45, 7) is 1.97. The standard InChI is InChI=1S/C27H28FN3O4S/c1-2-7-26-29-24-18-22(13-16-25(24)30(26)19-27(32)33)31(17-6-10-20-8-4-3-5-9-20)36(34,35)23-14-11-21(28)12-15-23/h3-5,8-9,11-16,18H,2,6-7,10,17,19H2,1H3,(H,32,33). The van der Waals surface area contributed by atoms with Gasteiger partial charge in [0.15, 0.2) is 0 Å². The number of hydrogen-bond acceptors (Lipinski definition) is 4. The molecular formula is C27H28FN3O4S. The predicted molar refractivity (Wildman–Crippen MR) is 137 cm³/mol. The number of nitrogens with zero attached hydrogens (tertiary/aromatic N) is 3. The van der Waals surface area contributed by atoms with Crippen molar-refractivity contribution in [3.63, 3.8) is 0 Å². The lowest BCUT2D eigenvalue weighted by atomic mass is 10.1. The molecule has 0 amide bonds. The van der Waals surface area contributed by atoms with Gasteiger partial charge in [0, 0.05) is 13.0 Å². The van der Waals surface area contributed by atoms with Crippen LogP contribution in [-0.2, 0) is 34.2 Å². The Morgan fingerprint density at radius 3 is 2.42 bits per heavy atom. The van der Waals surface area contributed by atoms with Crippen molar-refractivity contribution in [1.29, 1.82) is 0 Å². The van der Waals surface area contributed by atoms with Crippen LogP contribution in [0.5, 0.6) is 0 Å². The van der Waals surface area contributed by atoms with Gasteiger partial charge < -0.3 is 9.67 Å². The molecule has 36 heavy (non-hydrogen) atoms. The van der Waals surface area contributed by atoms with Gasteiger partial charge in [-0.3, -0.25) is 9.10 Å². The molecule has 0 aliphatic heterocycles. The number of halogens is 1. The zero-order chi connectivity index (χ0) is 25.7. The first kappa shape index (κ1) is 25.4. The maximum Gasteiger partial charge on any atom is 0.323 e. The van der Waals surface area contributed by atoms with E-state index >= 15 is 0 Å². The summed E-state index contributed by atoms with van der Waals surface area (Å²) in [4.78, 5) is 16.0. The summed E-state index contributed by atoms with van der Waals surface area (Å²) in [5.41, 5.74) is 2.68. The molecular weight excluding hydrogens is 481 g/mol. The van der Waals surface area contributed by atoms with Gasteiger partial charge in [0.2, 0.25) is 0 Å². The minimum atomic E-state index is -3.99. The Kier molecular flexibility index (Phi) is 7.69. The van der Waals surface area contributed by atoms with Crippen LogP contribution in [0.2, 0.25) is 0 Å². The summed E-state index contributed by atoms with van der Waals surface area (Å²) in [5.74, 6) is -0.848. The van der Waals surface area contributed by atoms with E-state index in [1.807, 2.05) is 37.3 Å². The van der Waals surface area contributed by atoms with E-state index in [4.69, 9.17) is 0 Å². The average molecular weight is 510 g/mol. The van der Waals surface area contributed by atoms with Crippen molar-refractivity contribution in [1.82, 2.24) is 9.55 Å².